The molecule has 1 aliphatic heterocycles. The van der Waals surface area contributed by atoms with Crippen LogP contribution in [-0.2, 0) is 4.79 Å². The topological polar surface area (TPSA) is 60.3 Å². The minimum atomic E-state index is -0.628. The molecule has 0 fully saturated rings. The van der Waals surface area contributed by atoms with Gasteiger partial charge in [0.25, 0.3) is 5.91 Å². The van der Waals surface area contributed by atoms with Gasteiger partial charge in [0.05, 0.1) is 5.57 Å². The fraction of sp³-hybridized carbons (Fsp3) is 0. The predicted octanol–water partition coefficient (Wildman–Crippen LogP) is 0.673. The van der Waals surface area contributed by atoms with Gasteiger partial charge < -0.3 is 0 Å². The molecule has 1 N–H and O–H groups in total. The van der Waals surface area contributed by atoms with Gasteiger partial charge in [0.1, 0.15) is 0 Å². The Morgan fingerprint density at radius 3 is 2.73 bits per heavy atom. The molecule has 11 heavy (non-hydrogen) atoms. The van der Waals surface area contributed by atoms with Crippen molar-refractivity contribution < 1.29 is 9.59 Å². The van der Waals surface area contributed by atoms with Gasteiger partial charge >= 0.3 is 6.03 Å². The maximum absolute atomic E-state index is 10.9. The average molecular weight is 263 g/mol. The van der Waals surface area contributed by atoms with Gasteiger partial charge in [-0.15, -0.1) is 0 Å². The Morgan fingerprint density at radius 1 is 1.64 bits per heavy atom. The zero-order valence-electron chi connectivity index (χ0n) is 5.43. The summed E-state index contributed by atoms with van der Waals surface area (Å²) in [6, 6.07) is -0.628. The molecular formula is C6H4IN2O2. The van der Waals surface area contributed by atoms with Gasteiger partial charge in [0, 0.05) is 9.78 Å². The summed E-state index contributed by atoms with van der Waals surface area (Å²) in [4.78, 5) is 21.4. The summed E-state index contributed by atoms with van der Waals surface area (Å²) in [5.41, 5.74) is 0.338. The zero-order valence-corrected chi connectivity index (χ0v) is 7.58. The molecule has 0 unspecified atom stereocenters. The minimum absolute atomic E-state index is 0.338. The Kier molecular flexibility index (Phi) is 2.28. The second kappa shape index (κ2) is 3.04. The second-order valence-corrected chi connectivity index (χ2v) is 3.14. The number of carbonyl (C=O) groups is 2. The maximum Gasteiger partial charge on any atom is 0.347 e. The van der Waals surface area contributed by atoms with E-state index in [-0.39, 0.29) is 0 Å². The smallest absolute Gasteiger partial charge is 0.272 e. The van der Waals surface area contributed by atoms with Crippen LogP contribution in [0, 0.1) is 0 Å². The monoisotopic (exact) mass is 263 g/mol. The van der Waals surface area contributed by atoms with Gasteiger partial charge in [-0.05, 0) is 22.6 Å². The molecule has 3 amide bonds. The Morgan fingerprint density at radius 2 is 2.27 bits per heavy atom. The number of urea groups is 1. The van der Waals surface area contributed by atoms with Crippen LogP contribution in [0.3, 0.4) is 0 Å². The van der Waals surface area contributed by atoms with E-state index in [1.54, 1.807) is 0 Å². The number of rotatable bonds is 1. The summed E-state index contributed by atoms with van der Waals surface area (Å²) >= 11 is 1.89. The summed E-state index contributed by atoms with van der Waals surface area (Å²) in [7, 11) is 0. The largest absolute Gasteiger partial charge is 0.347 e. The van der Waals surface area contributed by atoms with Crippen LogP contribution in [0.2, 0.25) is 0 Å². The third-order valence-corrected chi connectivity index (χ3v) is 1.65. The van der Waals surface area contributed by atoms with E-state index < -0.39 is 11.9 Å². The van der Waals surface area contributed by atoms with Crippen LogP contribution in [0.4, 0.5) is 4.79 Å². The molecule has 4 nitrogen and oxygen atoms in total. The fourth-order valence-corrected chi connectivity index (χ4v) is 0.956. The van der Waals surface area contributed by atoms with Crippen molar-refractivity contribution in [2.45, 2.75) is 0 Å². The molecule has 1 heterocycles. The van der Waals surface area contributed by atoms with Gasteiger partial charge in [-0.3, -0.25) is 10.1 Å². The molecule has 0 atom stereocenters. The summed E-state index contributed by atoms with van der Waals surface area (Å²) in [6.07, 6.45) is 1.22. The lowest BCUT2D eigenvalue weighted by Crippen LogP contribution is -2.39. The van der Waals surface area contributed by atoms with Crippen molar-refractivity contribution in [3.8, 4) is 0 Å². The van der Waals surface area contributed by atoms with Gasteiger partial charge in [-0.2, -0.15) is 0 Å². The third kappa shape index (κ3) is 1.79. The van der Waals surface area contributed by atoms with Crippen molar-refractivity contribution in [3.05, 3.63) is 21.9 Å². The summed E-state index contributed by atoms with van der Waals surface area (Å²) in [5, 5.41) is 5.42. The van der Waals surface area contributed by atoms with E-state index in [9.17, 15) is 9.59 Å². The molecule has 1 aliphatic rings. The van der Waals surface area contributed by atoms with Gasteiger partial charge in [0.15, 0.2) is 0 Å². The SMILES string of the molecule is C=C(I)C1=C[N]C(=O)NC1=O. The number of halogens is 1. The van der Waals surface area contributed by atoms with Gasteiger partial charge in [-0.1, -0.05) is 6.58 Å². The standard InChI is InChI=1S/C6H4IN2O2/c1-3(7)4-2-8-6(11)9-5(4)10/h2H,1H2,(H,9,10,11). The lowest BCUT2D eigenvalue weighted by Gasteiger charge is -2.09. The molecule has 0 aromatic carbocycles. The first-order valence-corrected chi connectivity index (χ1v) is 3.80. The average Bonchev–Trinajstić information content (AvgIpc) is 1.85. The molecule has 0 aromatic rings. The lowest BCUT2D eigenvalue weighted by molar-refractivity contribution is -0.116. The number of hydrogen-bond donors (Lipinski definition) is 1. The first-order valence-electron chi connectivity index (χ1n) is 2.72. The predicted molar refractivity (Wildman–Crippen MR) is 46.9 cm³/mol. The quantitative estimate of drug-likeness (QED) is 0.707. The van der Waals surface area contributed by atoms with E-state index >= 15 is 0 Å². The first kappa shape index (κ1) is 8.25. The Labute approximate surface area is 76.9 Å². The van der Waals surface area contributed by atoms with Crippen molar-refractivity contribution in [3.63, 3.8) is 0 Å². The van der Waals surface area contributed by atoms with Crippen LogP contribution >= 0.6 is 22.6 Å². The number of hydrogen-bond acceptors (Lipinski definition) is 2. The third-order valence-electron chi connectivity index (χ3n) is 1.07. The first-order chi connectivity index (χ1) is 5.11. The second-order valence-electron chi connectivity index (χ2n) is 1.84. The molecule has 0 aliphatic carbocycles. The van der Waals surface area contributed by atoms with Crippen LogP contribution in [0.15, 0.2) is 21.9 Å². The lowest BCUT2D eigenvalue weighted by atomic mass is 10.2. The highest BCUT2D eigenvalue weighted by Gasteiger charge is 2.19. The molecular weight excluding hydrogens is 259 g/mol. The molecule has 0 saturated carbocycles. The van der Waals surface area contributed by atoms with E-state index in [0.717, 1.165) is 0 Å². The highest BCUT2D eigenvalue weighted by atomic mass is 127. The highest BCUT2D eigenvalue weighted by Crippen LogP contribution is 2.16. The normalized spacial score (nSPS) is 16.6. The zero-order chi connectivity index (χ0) is 8.43. The van der Waals surface area contributed by atoms with E-state index in [1.807, 2.05) is 27.9 Å². The minimum Gasteiger partial charge on any atom is -0.272 e. The van der Waals surface area contributed by atoms with Gasteiger partial charge in [-0.25, -0.2) is 10.1 Å². The van der Waals surface area contributed by atoms with Crippen LogP contribution < -0.4 is 10.6 Å². The van der Waals surface area contributed by atoms with Gasteiger partial charge in [0.2, 0.25) is 0 Å². The van der Waals surface area contributed by atoms with Crippen molar-refractivity contribution in [2.24, 2.45) is 0 Å². The Hall–Kier alpha value is -0.850. The van der Waals surface area contributed by atoms with E-state index in [1.165, 1.54) is 6.20 Å². The number of imide groups is 1. The van der Waals surface area contributed by atoms with Crippen LogP contribution in [0.5, 0.6) is 0 Å². The Balaban J connectivity index is 2.89. The van der Waals surface area contributed by atoms with E-state index in [0.29, 0.717) is 9.15 Å². The van der Waals surface area contributed by atoms with Crippen LogP contribution in [-0.4, -0.2) is 11.9 Å². The van der Waals surface area contributed by atoms with Crippen molar-refractivity contribution in [1.82, 2.24) is 10.6 Å². The molecule has 0 spiro atoms. The number of carbonyl (C=O) groups excluding carboxylic acids is 2. The summed E-state index contributed by atoms with van der Waals surface area (Å²) in [6.45, 7) is 3.54. The number of nitrogens with one attached hydrogen (secondary N) is 1. The van der Waals surface area contributed by atoms with E-state index in [2.05, 4.69) is 11.9 Å². The molecule has 57 valence electrons. The van der Waals surface area contributed by atoms with E-state index in [4.69, 9.17) is 0 Å². The summed E-state index contributed by atoms with van der Waals surface area (Å²) < 4.78 is 0.566. The Bertz CT molecular complexity index is 270. The number of amides is 3. The molecule has 0 aromatic heterocycles. The van der Waals surface area contributed by atoms with Crippen molar-refractivity contribution in [2.75, 3.05) is 0 Å². The number of nitrogens with zero attached hydrogens (tertiary/aromatic N) is 1. The molecule has 1 rings (SSSR count). The molecule has 0 bridgehead atoms. The summed E-state index contributed by atoms with van der Waals surface area (Å²) in [5.74, 6) is -0.440. The fourth-order valence-electron chi connectivity index (χ4n) is 0.572. The highest BCUT2D eigenvalue weighted by molar-refractivity contribution is 14.1. The van der Waals surface area contributed by atoms with Crippen LogP contribution in [0.1, 0.15) is 0 Å². The van der Waals surface area contributed by atoms with Crippen molar-refractivity contribution in [1.29, 1.82) is 0 Å². The molecule has 0 saturated heterocycles. The molecule has 1 radical (unpaired) electrons. The van der Waals surface area contributed by atoms with Crippen LogP contribution in [0.25, 0.3) is 0 Å². The maximum atomic E-state index is 10.9. The molecule has 5 heteroatoms. The van der Waals surface area contributed by atoms with Crippen molar-refractivity contribution >= 4 is 34.5 Å².